The van der Waals surface area contributed by atoms with Crippen LogP contribution in [0.1, 0.15) is 40.0 Å². The molecule has 94 valence electrons. The van der Waals surface area contributed by atoms with Gasteiger partial charge in [-0.25, -0.2) is 4.79 Å². The topological polar surface area (TPSA) is 53.3 Å². The summed E-state index contributed by atoms with van der Waals surface area (Å²) in [6.07, 6.45) is 2.93. The highest BCUT2D eigenvalue weighted by atomic mass is 16.6. The average Bonchev–Trinajstić information content (AvgIpc) is 2.55. The van der Waals surface area contributed by atoms with Crippen LogP contribution in [0.5, 0.6) is 0 Å². The number of nitrogens with zero attached hydrogens (tertiary/aromatic N) is 2. The molecule has 4 nitrogen and oxygen atoms in total. The molecule has 1 saturated heterocycles. The van der Waals surface area contributed by atoms with Gasteiger partial charge in [0.1, 0.15) is 5.60 Å². The zero-order valence-corrected chi connectivity index (χ0v) is 10.8. The van der Waals surface area contributed by atoms with E-state index in [0.29, 0.717) is 13.1 Å². The molecule has 1 aliphatic heterocycles. The van der Waals surface area contributed by atoms with Crippen LogP contribution in [0.2, 0.25) is 0 Å². The number of likely N-dealkylation sites (tertiary alicyclic amines) is 1. The molecule has 1 spiro atoms. The number of nitriles is 1. The largest absolute Gasteiger partial charge is 0.444 e. The van der Waals surface area contributed by atoms with Crippen LogP contribution in [0, 0.1) is 22.7 Å². The van der Waals surface area contributed by atoms with Gasteiger partial charge in [0.15, 0.2) is 0 Å². The summed E-state index contributed by atoms with van der Waals surface area (Å²) in [5.74, 6) is 0.126. The summed E-state index contributed by atoms with van der Waals surface area (Å²) >= 11 is 0. The lowest BCUT2D eigenvalue weighted by Crippen LogP contribution is -2.60. The fraction of sp³-hybridized carbons (Fsp3) is 0.846. The third-order valence-electron chi connectivity index (χ3n) is 3.73. The summed E-state index contributed by atoms with van der Waals surface area (Å²) in [5.41, 5.74) is -0.365. The SMILES string of the molecule is CC(C)(C)OC(=O)N1CC2(CCCC2C#N)C1. The van der Waals surface area contributed by atoms with E-state index in [0.717, 1.165) is 19.3 Å². The van der Waals surface area contributed by atoms with Crippen molar-refractivity contribution in [1.82, 2.24) is 4.90 Å². The van der Waals surface area contributed by atoms with Gasteiger partial charge in [-0.2, -0.15) is 5.26 Å². The Hall–Kier alpha value is -1.24. The summed E-state index contributed by atoms with van der Waals surface area (Å²) in [4.78, 5) is 13.5. The van der Waals surface area contributed by atoms with Crippen molar-refractivity contribution in [2.45, 2.75) is 45.6 Å². The van der Waals surface area contributed by atoms with E-state index in [4.69, 9.17) is 10.00 Å². The summed E-state index contributed by atoms with van der Waals surface area (Å²) in [6.45, 7) is 7.00. The van der Waals surface area contributed by atoms with Gasteiger partial charge in [-0.05, 0) is 33.6 Å². The first-order valence-electron chi connectivity index (χ1n) is 6.24. The van der Waals surface area contributed by atoms with Crippen LogP contribution in [-0.2, 0) is 4.74 Å². The van der Waals surface area contributed by atoms with Gasteiger partial charge < -0.3 is 9.64 Å². The Labute approximate surface area is 103 Å². The maximum atomic E-state index is 11.8. The first kappa shape index (κ1) is 12.2. The Bertz CT molecular complexity index is 359. The molecule has 0 bridgehead atoms. The molecule has 1 atom stereocenters. The zero-order valence-electron chi connectivity index (χ0n) is 10.8. The minimum absolute atomic E-state index is 0.0751. The molecule has 1 heterocycles. The summed E-state index contributed by atoms with van der Waals surface area (Å²) in [6, 6.07) is 2.39. The van der Waals surface area contributed by atoms with Crippen LogP contribution in [0.15, 0.2) is 0 Å². The maximum absolute atomic E-state index is 11.8. The molecule has 2 fully saturated rings. The Kier molecular flexibility index (Phi) is 2.81. The lowest BCUT2D eigenvalue weighted by Gasteiger charge is -2.49. The lowest BCUT2D eigenvalue weighted by molar-refractivity contribution is -0.0417. The van der Waals surface area contributed by atoms with Gasteiger partial charge >= 0.3 is 6.09 Å². The third-order valence-corrected chi connectivity index (χ3v) is 3.73. The molecule has 4 heteroatoms. The van der Waals surface area contributed by atoms with E-state index in [9.17, 15) is 4.79 Å². The second kappa shape index (κ2) is 3.90. The molecule has 17 heavy (non-hydrogen) atoms. The zero-order chi connectivity index (χ0) is 12.7. The van der Waals surface area contributed by atoms with Crippen LogP contribution in [0.25, 0.3) is 0 Å². The maximum Gasteiger partial charge on any atom is 0.410 e. The van der Waals surface area contributed by atoms with Gasteiger partial charge in [-0.3, -0.25) is 0 Å². The van der Waals surface area contributed by atoms with Crippen molar-refractivity contribution in [1.29, 1.82) is 5.26 Å². The van der Waals surface area contributed by atoms with Crippen LogP contribution in [-0.4, -0.2) is 29.7 Å². The Morgan fingerprint density at radius 2 is 2.12 bits per heavy atom. The molecule has 2 rings (SSSR count). The van der Waals surface area contributed by atoms with E-state index < -0.39 is 5.60 Å². The van der Waals surface area contributed by atoms with Crippen LogP contribution in [0.3, 0.4) is 0 Å². The molecule has 1 unspecified atom stereocenters. The van der Waals surface area contributed by atoms with Crippen LogP contribution < -0.4 is 0 Å². The minimum Gasteiger partial charge on any atom is -0.444 e. The normalized spacial score (nSPS) is 26.5. The van der Waals surface area contributed by atoms with Crippen molar-refractivity contribution in [2.24, 2.45) is 11.3 Å². The molecule has 1 saturated carbocycles. The van der Waals surface area contributed by atoms with Crippen LogP contribution >= 0.6 is 0 Å². The number of ether oxygens (including phenoxy) is 1. The lowest BCUT2D eigenvalue weighted by atomic mass is 9.72. The first-order chi connectivity index (χ1) is 7.86. The molecule has 2 aliphatic rings. The monoisotopic (exact) mass is 236 g/mol. The van der Waals surface area contributed by atoms with E-state index in [2.05, 4.69) is 6.07 Å². The minimum atomic E-state index is -0.440. The van der Waals surface area contributed by atoms with Crippen molar-refractivity contribution in [3.8, 4) is 6.07 Å². The number of hydrogen-bond donors (Lipinski definition) is 0. The van der Waals surface area contributed by atoms with Crippen molar-refractivity contribution >= 4 is 6.09 Å². The molecule has 0 aromatic rings. The third kappa shape index (κ3) is 2.24. The predicted octanol–water partition coefficient (Wildman–Crippen LogP) is 2.55. The average molecular weight is 236 g/mol. The molecule has 1 amide bonds. The Balaban J connectivity index is 1.91. The molecule has 0 N–H and O–H groups in total. The predicted molar refractivity (Wildman–Crippen MR) is 63.2 cm³/mol. The van der Waals surface area contributed by atoms with Gasteiger partial charge in [-0.15, -0.1) is 0 Å². The molecule has 1 aliphatic carbocycles. The Morgan fingerprint density at radius 3 is 2.65 bits per heavy atom. The molecule has 0 aromatic heterocycles. The molecule has 0 aromatic carbocycles. The van der Waals surface area contributed by atoms with E-state index in [1.54, 1.807) is 4.90 Å². The van der Waals surface area contributed by atoms with E-state index in [1.807, 2.05) is 20.8 Å². The van der Waals surface area contributed by atoms with Crippen molar-refractivity contribution < 1.29 is 9.53 Å². The quantitative estimate of drug-likeness (QED) is 0.649. The smallest absolute Gasteiger partial charge is 0.410 e. The number of rotatable bonds is 0. The van der Waals surface area contributed by atoms with Crippen molar-refractivity contribution in [2.75, 3.05) is 13.1 Å². The highest BCUT2D eigenvalue weighted by molar-refractivity contribution is 5.69. The van der Waals surface area contributed by atoms with Crippen molar-refractivity contribution in [3.63, 3.8) is 0 Å². The number of hydrogen-bond acceptors (Lipinski definition) is 3. The Morgan fingerprint density at radius 1 is 1.47 bits per heavy atom. The van der Waals surface area contributed by atoms with E-state index in [-0.39, 0.29) is 17.4 Å². The second-order valence-corrected chi connectivity index (χ2v) is 6.27. The van der Waals surface area contributed by atoms with E-state index in [1.165, 1.54) is 0 Å². The second-order valence-electron chi connectivity index (χ2n) is 6.27. The van der Waals surface area contributed by atoms with Gasteiger partial charge in [0, 0.05) is 18.5 Å². The number of carbonyl (C=O) groups is 1. The standard InChI is InChI=1S/C13H20N2O2/c1-12(2,3)17-11(16)15-8-13(9-15)6-4-5-10(13)7-14/h10H,4-6,8-9H2,1-3H3. The van der Waals surface area contributed by atoms with E-state index >= 15 is 0 Å². The number of carbonyl (C=O) groups excluding carboxylic acids is 1. The van der Waals surface area contributed by atoms with Crippen molar-refractivity contribution in [3.05, 3.63) is 0 Å². The van der Waals surface area contributed by atoms with Gasteiger partial charge in [0.25, 0.3) is 0 Å². The van der Waals surface area contributed by atoms with Gasteiger partial charge in [0.2, 0.25) is 0 Å². The summed E-state index contributed by atoms with van der Waals surface area (Å²) in [5, 5.41) is 9.09. The highest BCUT2D eigenvalue weighted by Crippen LogP contribution is 2.49. The molecule has 0 radical (unpaired) electrons. The molecular formula is C13H20N2O2. The van der Waals surface area contributed by atoms with Gasteiger partial charge in [-0.1, -0.05) is 6.42 Å². The molecular weight excluding hydrogens is 216 g/mol. The van der Waals surface area contributed by atoms with Crippen LogP contribution in [0.4, 0.5) is 4.79 Å². The first-order valence-corrected chi connectivity index (χ1v) is 6.24. The summed E-state index contributed by atoms with van der Waals surface area (Å²) < 4.78 is 5.32. The fourth-order valence-corrected chi connectivity index (χ4v) is 2.89. The summed E-state index contributed by atoms with van der Waals surface area (Å²) in [7, 11) is 0. The fourth-order valence-electron chi connectivity index (χ4n) is 2.89. The van der Waals surface area contributed by atoms with Gasteiger partial charge in [0.05, 0.1) is 12.0 Å². The highest BCUT2D eigenvalue weighted by Gasteiger charge is 2.53. The number of amides is 1.